The van der Waals surface area contributed by atoms with Crippen molar-refractivity contribution in [2.24, 2.45) is 5.73 Å². The van der Waals surface area contributed by atoms with Crippen LogP contribution in [0.3, 0.4) is 0 Å². The zero-order valence-corrected chi connectivity index (χ0v) is 12.4. The molecule has 4 heteroatoms. The van der Waals surface area contributed by atoms with Gasteiger partial charge in [0, 0.05) is 17.3 Å². The molecule has 0 aliphatic heterocycles. The van der Waals surface area contributed by atoms with Gasteiger partial charge in [-0.25, -0.2) is 4.98 Å². The number of hydrogen-bond acceptors (Lipinski definition) is 3. The third kappa shape index (κ3) is 3.96. The third-order valence-electron chi connectivity index (χ3n) is 2.94. The number of pyridine rings is 1. The summed E-state index contributed by atoms with van der Waals surface area (Å²) in [6.07, 6.45) is 2.73. The van der Waals surface area contributed by atoms with Crippen molar-refractivity contribution in [3.8, 4) is 0 Å². The lowest BCUT2D eigenvalue weighted by molar-refractivity contribution is 0.633. The molecule has 2 N–H and O–H groups in total. The molecule has 0 bridgehead atoms. The molecule has 0 aliphatic rings. The molecular weight excluding hydrogens is 276 g/mol. The Labute approximate surface area is 123 Å². The highest BCUT2D eigenvalue weighted by atomic mass is 35.5. The zero-order valence-electron chi connectivity index (χ0n) is 10.8. The fourth-order valence-corrected chi connectivity index (χ4v) is 3.14. The quantitative estimate of drug-likeness (QED) is 0.835. The van der Waals surface area contributed by atoms with Crippen LogP contribution in [0.4, 0.5) is 0 Å². The van der Waals surface area contributed by atoms with Gasteiger partial charge in [-0.05, 0) is 36.2 Å². The van der Waals surface area contributed by atoms with E-state index in [1.165, 1.54) is 5.56 Å². The average molecular weight is 293 g/mol. The summed E-state index contributed by atoms with van der Waals surface area (Å²) in [6.45, 7) is 2.10. The molecule has 1 heterocycles. The van der Waals surface area contributed by atoms with Gasteiger partial charge < -0.3 is 5.73 Å². The van der Waals surface area contributed by atoms with Crippen molar-refractivity contribution < 1.29 is 0 Å². The van der Waals surface area contributed by atoms with Crippen molar-refractivity contribution in [2.75, 3.05) is 0 Å². The summed E-state index contributed by atoms with van der Waals surface area (Å²) in [4.78, 5) is 4.36. The normalized spacial score (nSPS) is 14.1. The molecule has 100 valence electrons. The Kier molecular flexibility index (Phi) is 5.25. The maximum atomic E-state index is 6.25. The van der Waals surface area contributed by atoms with Crippen LogP contribution in [0.2, 0.25) is 5.02 Å². The van der Waals surface area contributed by atoms with Crippen molar-refractivity contribution in [1.29, 1.82) is 0 Å². The van der Waals surface area contributed by atoms with E-state index in [1.807, 2.05) is 42.5 Å². The Bertz CT molecular complexity index is 501. The molecule has 2 rings (SSSR count). The number of nitrogens with two attached hydrogens (primary N) is 1. The Morgan fingerprint density at radius 3 is 2.53 bits per heavy atom. The lowest BCUT2D eigenvalue weighted by Gasteiger charge is -2.22. The first-order valence-electron chi connectivity index (χ1n) is 6.29. The first kappa shape index (κ1) is 14.4. The van der Waals surface area contributed by atoms with Crippen LogP contribution in [0.25, 0.3) is 0 Å². The zero-order chi connectivity index (χ0) is 13.7. The molecule has 2 aromatic rings. The number of rotatable bonds is 5. The largest absolute Gasteiger partial charge is 0.326 e. The minimum atomic E-state index is 0.0909. The second-order valence-corrected chi connectivity index (χ2v) is 5.93. The molecule has 0 aliphatic carbocycles. The van der Waals surface area contributed by atoms with Gasteiger partial charge in [0.25, 0.3) is 0 Å². The Morgan fingerprint density at radius 2 is 1.95 bits per heavy atom. The third-order valence-corrected chi connectivity index (χ3v) is 4.55. The summed E-state index contributed by atoms with van der Waals surface area (Å²) in [5.41, 5.74) is 7.44. The lowest BCUT2D eigenvalue weighted by Crippen LogP contribution is -2.25. The second kappa shape index (κ2) is 6.94. The summed E-state index contributed by atoms with van der Waals surface area (Å²) in [5.74, 6) is 0. The van der Waals surface area contributed by atoms with E-state index in [1.54, 1.807) is 18.0 Å². The van der Waals surface area contributed by atoms with Crippen LogP contribution >= 0.6 is 23.4 Å². The van der Waals surface area contributed by atoms with Gasteiger partial charge in [-0.2, -0.15) is 0 Å². The van der Waals surface area contributed by atoms with E-state index in [0.717, 1.165) is 16.5 Å². The maximum Gasteiger partial charge on any atom is 0.0966 e. The average Bonchev–Trinajstić information content (AvgIpc) is 2.46. The van der Waals surface area contributed by atoms with Crippen LogP contribution in [0.1, 0.15) is 24.2 Å². The highest BCUT2D eigenvalue weighted by Crippen LogP contribution is 2.37. The second-order valence-electron chi connectivity index (χ2n) is 4.33. The lowest BCUT2D eigenvalue weighted by atomic mass is 10.0. The van der Waals surface area contributed by atoms with Crippen LogP contribution in [-0.2, 0) is 0 Å². The molecule has 2 unspecified atom stereocenters. The van der Waals surface area contributed by atoms with Crippen LogP contribution < -0.4 is 5.73 Å². The molecule has 2 nitrogen and oxygen atoms in total. The minimum Gasteiger partial charge on any atom is -0.326 e. The van der Waals surface area contributed by atoms with Gasteiger partial charge in [0.1, 0.15) is 0 Å². The molecule has 0 radical (unpaired) electrons. The van der Waals surface area contributed by atoms with E-state index in [-0.39, 0.29) is 11.3 Å². The number of thioether (sulfide) groups is 1. The molecule has 0 saturated carbocycles. The Morgan fingerprint density at radius 1 is 1.21 bits per heavy atom. The number of nitrogens with zero attached hydrogens (tertiary/aromatic N) is 1. The summed E-state index contributed by atoms with van der Waals surface area (Å²) in [7, 11) is 0. The highest BCUT2D eigenvalue weighted by molar-refractivity contribution is 7.99. The fraction of sp³-hybridized carbons (Fsp3) is 0.267. The van der Waals surface area contributed by atoms with E-state index < -0.39 is 0 Å². The van der Waals surface area contributed by atoms with Gasteiger partial charge in [-0.15, -0.1) is 0 Å². The molecular formula is C15H17ClN2S. The Balaban J connectivity index is 2.23. The predicted molar refractivity (Wildman–Crippen MR) is 82.6 cm³/mol. The van der Waals surface area contributed by atoms with Gasteiger partial charge in [0.05, 0.1) is 10.3 Å². The van der Waals surface area contributed by atoms with Crippen LogP contribution in [0.15, 0.2) is 53.7 Å². The van der Waals surface area contributed by atoms with Crippen molar-refractivity contribution in [3.05, 3.63) is 59.2 Å². The number of benzene rings is 1. The topological polar surface area (TPSA) is 38.9 Å². The van der Waals surface area contributed by atoms with E-state index in [9.17, 15) is 0 Å². The number of halogens is 1. The van der Waals surface area contributed by atoms with Crippen LogP contribution in [-0.4, -0.2) is 11.0 Å². The van der Waals surface area contributed by atoms with E-state index >= 15 is 0 Å². The van der Waals surface area contributed by atoms with Gasteiger partial charge in [0.15, 0.2) is 0 Å². The smallest absolute Gasteiger partial charge is 0.0966 e. The molecule has 0 saturated heterocycles. The van der Waals surface area contributed by atoms with Crippen molar-refractivity contribution in [1.82, 2.24) is 4.98 Å². The Hall–Kier alpha value is -1.03. The van der Waals surface area contributed by atoms with E-state index in [4.69, 9.17) is 17.3 Å². The first-order valence-corrected chi connectivity index (χ1v) is 7.55. The minimum absolute atomic E-state index is 0.0909. The summed E-state index contributed by atoms with van der Waals surface area (Å²) in [6, 6.07) is 13.9. The van der Waals surface area contributed by atoms with E-state index in [2.05, 4.69) is 11.9 Å². The first-order chi connectivity index (χ1) is 9.20. The van der Waals surface area contributed by atoms with E-state index in [0.29, 0.717) is 0 Å². The number of hydrogen-bond donors (Lipinski definition) is 1. The van der Waals surface area contributed by atoms with Gasteiger partial charge in [-0.3, -0.25) is 0 Å². The molecule has 0 amide bonds. The highest BCUT2D eigenvalue weighted by Gasteiger charge is 2.20. The summed E-state index contributed by atoms with van der Waals surface area (Å²) in [5, 5.41) is 1.93. The summed E-state index contributed by atoms with van der Waals surface area (Å²) >= 11 is 7.64. The molecule has 1 aromatic heterocycles. The molecule has 0 fully saturated rings. The predicted octanol–water partition coefficient (Wildman–Crippen LogP) is 4.31. The summed E-state index contributed by atoms with van der Waals surface area (Å²) < 4.78 is 0. The van der Waals surface area contributed by atoms with Gasteiger partial charge in [0.2, 0.25) is 0 Å². The van der Waals surface area contributed by atoms with Crippen LogP contribution in [0, 0.1) is 0 Å². The number of aromatic nitrogens is 1. The van der Waals surface area contributed by atoms with Crippen LogP contribution in [0.5, 0.6) is 0 Å². The SMILES string of the molecule is CCC(N)C(Sc1ccccn1)c1ccc(Cl)cc1. The van der Waals surface area contributed by atoms with Gasteiger partial charge in [-0.1, -0.05) is 48.5 Å². The standard InChI is InChI=1S/C15H17ClN2S/c1-2-13(17)15(11-6-8-12(16)9-7-11)19-14-5-3-4-10-18-14/h3-10,13,15H,2,17H2,1H3. The molecule has 0 spiro atoms. The maximum absolute atomic E-state index is 6.25. The van der Waals surface area contributed by atoms with Crippen molar-refractivity contribution in [3.63, 3.8) is 0 Å². The molecule has 19 heavy (non-hydrogen) atoms. The van der Waals surface area contributed by atoms with Crippen molar-refractivity contribution >= 4 is 23.4 Å². The molecule has 1 aromatic carbocycles. The van der Waals surface area contributed by atoms with Gasteiger partial charge >= 0.3 is 0 Å². The molecule has 2 atom stereocenters. The van der Waals surface area contributed by atoms with Crippen molar-refractivity contribution in [2.45, 2.75) is 29.7 Å². The fourth-order valence-electron chi connectivity index (χ4n) is 1.82. The monoisotopic (exact) mass is 292 g/mol.